The monoisotopic (exact) mass is 306 g/mol. The number of hydrogen-bond donors (Lipinski definition) is 2. The van der Waals surface area contributed by atoms with Gasteiger partial charge in [-0.05, 0) is 42.3 Å². The van der Waals surface area contributed by atoms with E-state index in [0.29, 0.717) is 0 Å². The summed E-state index contributed by atoms with van der Waals surface area (Å²) < 4.78 is 16.7. The molecule has 1 unspecified atom stereocenters. The van der Waals surface area contributed by atoms with Crippen LogP contribution in [0.25, 0.3) is 11.1 Å². The minimum atomic E-state index is -3.75. The van der Waals surface area contributed by atoms with Gasteiger partial charge in [0.25, 0.3) is 0 Å². The highest BCUT2D eigenvalue weighted by atomic mass is 31.2. The van der Waals surface area contributed by atoms with Crippen LogP contribution in [0.4, 0.5) is 0 Å². The lowest BCUT2D eigenvalue weighted by Gasteiger charge is -2.11. The van der Waals surface area contributed by atoms with E-state index >= 15 is 0 Å². The summed E-state index contributed by atoms with van der Waals surface area (Å²) in [4.78, 5) is 20.5. The standard InChI is InChI=1S/C15H15O5P/c1-2-20-21(18,19)14-9-7-12(8-10-14)11-3-5-13(6-4-11)15(16)17/h3-10H,2H2,1H3,(H,16,17)(H,18,19). The van der Waals surface area contributed by atoms with E-state index in [2.05, 4.69) is 0 Å². The average Bonchev–Trinajstić information content (AvgIpc) is 2.47. The van der Waals surface area contributed by atoms with E-state index < -0.39 is 13.6 Å². The second-order valence-electron chi connectivity index (χ2n) is 4.37. The molecular formula is C15H15O5P. The molecule has 21 heavy (non-hydrogen) atoms. The fourth-order valence-electron chi connectivity index (χ4n) is 1.90. The molecule has 5 nitrogen and oxygen atoms in total. The van der Waals surface area contributed by atoms with Gasteiger partial charge in [-0.2, -0.15) is 0 Å². The largest absolute Gasteiger partial charge is 0.478 e. The molecule has 6 heteroatoms. The number of carboxylic acid groups (broad SMARTS) is 1. The number of hydrogen-bond acceptors (Lipinski definition) is 3. The third-order valence-electron chi connectivity index (χ3n) is 2.96. The minimum absolute atomic E-state index is 0.159. The first-order valence-electron chi connectivity index (χ1n) is 6.36. The quantitative estimate of drug-likeness (QED) is 0.830. The summed E-state index contributed by atoms with van der Waals surface area (Å²) in [5.74, 6) is -0.977. The third-order valence-corrected chi connectivity index (χ3v) is 4.52. The molecule has 2 aromatic carbocycles. The fourth-order valence-corrected chi connectivity index (χ4v) is 2.92. The Morgan fingerprint density at radius 3 is 1.95 bits per heavy atom. The molecule has 0 radical (unpaired) electrons. The number of aromatic carboxylic acids is 1. The lowest BCUT2D eigenvalue weighted by molar-refractivity contribution is 0.0697. The molecule has 0 aliphatic carbocycles. The summed E-state index contributed by atoms with van der Waals surface area (Å²) >= 11 is 0. The van der Waals surface area contributed by atoms with E-state index in [0.717, 1.165) is 11.1 Å². The van der Waals surface area contributed by atoms with Crippen molar-refractivity contribution in [2.24, 2.45) is 0 Å². The Morgan fingerprint density at radius 1 is 1.05 bits per heavy atom. The Morgan fingerprint density at radius 2 is 1.52 bits per heavy atom. The van der Waals surface area contributed by atoms with Crippen LogP contribution in [0.3, 0.4) is 0 Å². The van der Waals surface area contributed by atoms with Gasteiger partial charge in [-0.25, -0.2) is 4.79 Å². The van der Waals surface area contributed by atoms with Crippen LogP contribution in [0.1, 0.15) is 17.3 Å². The molecule has 0 fully saturated rings. The van der Waals surface area contributed by atoms with Crippen molar-refractivity contribution in [1.82, 2.24) is 0 Å². The zero-order chi connectivity index (χ0) is 15.5. The molecule has 110 valence electrons. The van der Waals surface area contributed by atoms with E-state index in [9.17, 15) is 14.3 Å². The van der Waals surface area contributed by atoms with Crippen molar-refractivity contribution >= 4 is 18.9 Å². The van der Waals surface area contributed by atoms with E-state index in [1.165, 1.54) is 24.3 Å². The summed E-state index contributed by atoms with van der Waals surface area (Å²) in [6.07, 6.45) is 0. The van der Waals surface area contributed by atoms with Crippen molar-refractivity contribution in [1.29, 1.82) is 0 Å². The second-order valence-corrected chi connectivity index (χ2v) is 6.18. The van der Waals surface area contributed by atoms with Crippen LogP contribution >= 0.6 is 7.60 Å². The zero-order valence-electron chi connectivity index (χ0n) is 11.4. The van der Waals surface area contributed by atoms with Crippen LogP contribution in [-0.2, 0) is 9.09 Å². The van der Waals surface area contributed by atoms with E-state index in [1.807, 2.05) is 0 Å². The van der Waals surface area contributed by atoms with Gasteiger partial charge in [0, 0.05) is 0 Å². The number of carbonyl (C=O) groups is 1. The molecule has 0 aromatic heterocycles. The summed E-state index contributed by atoms with van der Waals surface area (Å²) in [5.41, 5.74) is 1.87. The van der Waals surface area contributed by atoms with Crippen molar-refractivity contribution in [2.75, 3.05) is 6.61 Å². The summed E-state index contributed by atoms with van der Waals surface area (Å²) in [5, 5.41) is 9.08. The summed E-state index contributed by atoms with van der Waals surface area (Å²) in [6, 6.07) is 12.9. The predicted molar refractivity (Wildman–Crippen MR) is 79.9 cm³/mol. The van der Waals surface area contributed by atoms with Gasteiger partial charge in [0.2, 0.25) is 0 Å². The molecule has 0 aliphatic rings. The maximum absolute atomic E-state index is 11.9. The first kappa shape index (κ1) is 15.4. The topological polar surface area (TPSA) is 83.8 Å². The van der Waals surface area contributed by atoms with Crippen molar-refractivity contribution in [3.8, 4) is 11.1 Å². The van der Waals surface area contributed by atoms with Gasteiger partial charge in [0.15, 0.2) is 0 Å². The van der Waals surface area contributed by atoms with E-state index in [1.54, 1.807) is 31.2 Å². The SMILES string of the molecule is CCOP(=O)(O)c1ccc(-c2ccc(C(=O)O)cc2)cc1. The molecule has 0 saturated heterocycles. The van der Waals surface area contributed by atoms with Crippen LogP contribution < -0.4 is 5.30 Å². The van der Waals surface area contributed by atoms with Crippen LogP contribution in [0.5, 0.6) is 0 Å². The maximum Gasteiger partial charge on any atom is 0.358 e. The number of carboxylic acids is 1. The van der Waals surface area contributed by atoms with E-state index in [-0.39, 0.29) is 17.5 Å². The van der Waals surface area contributed by atoms with Gasteiger partial charge in [-0.15, -0.1) is 0 Å². The van der Waals surface area contributed by atoms with Crippen LogP contribution in [0.15, 0.2) is 48.5 Å². The highest BCUT2D eigenvalue weighted by molar-refractivity contribution is 7.61. The van der Waals surface area contributed by atoms with Crippen molar-refractivity contribution in [3.05, 3.63) is 54.1 Å². The maximum atomic E-state index is 11.9. The van der Waals surface area contributed by atoms with E-state index in [4.69, 9.17) is 9.63 Å². The van der Waals surface area contributed by atoms with Crippen molar-refractivity contribution < 1.29 is 23.9 Å². The van der Waals surface area contributed by atoms with Crippen molar-refractivity contribution in [3.63, 3.8) is 0 Å². The second kappa shape index (κ2) is 6.22. The summed E-state index contributed by atoms with van der Waals surface area (Å²) in [7, 11) is -3.75. The minimum Gasteiger partial charge on any atom is -0.478 e. The molecule has 2 aromatic rings. The summed E-state index contributed by atoms with van der Waals surface area (Å²) in [6.45, 7) is 1.81. The van der Waals surface area contributed by atoms with Crippen LogP contribution in [0, 0.1) is 0 Å². The number of rotatable bonds is 5. The molecule has 0 heterocycles. The van der Waals surface area contributed by atoms with Crippen LogP contribution in [-0.4, -0.2) is 22.6 Å². The van der Waals surface area contributed by atoms with Gasteiger partial charge in [-0.3, -0.25) is 4.57 Å². The first-order chi connectivity index (χ1) is 9.94. The lowest BCUT2D eigenvalue weighted by Crippen LogP contribution is -2.06. The fraction of sp³-hybridized carbons (Fsp3) is 0.133. The Hall–Kier alpha value is -1.94. The molecule has 0 saturated carbocycles. The number of benzene rings is 2. The van der Waals surface area contributed by atoms with Gasteiger partial charge in [-0.1, -0.05) is 24.3 Å². The Bertz CT molecular complexity index is 676. The predicted octanol–water partition coefficient (Wildman–Crippen LogP) is 2.90. The Balaban J connectivity index is 2.26. The van der Waals surface area contributed by atoms with Crippen molar-refractivity contribution in [2.45, 2.75) is 6.92 Å². The van der Waals surface area contributed by atoms with Crippen LogP contribution in [0.2, 0.25) is 0 Å². The molecule has 2 rings (SSSR count). The highest BCUT2D eigenvalue weighted by Gasteiger charge is 2.21. The molecule has 0 bridgehead atoms. The lowest BCUT2D eigenvalue weighted by atomic mass is 10.0. The van der Waals surface area contributed by atoms with Gasteiger partial charge >= 0.3 is 13.6 Å². The van der Waals surface area contributed by atoms with Gasteiger partial charge in [0.1, 0.15) is 0 Å². The normalized spacial score (nSPS) is 13.6. The Kier molecular flexibility index (Phi) is 4.58. The highest BCUT2D eigenvalue weighted by Crippen LogP contribution is 2.40. The molecule has 0 aliphatic heterocycles. The average molecular weight is 306 g/mol. The van der Waals surface area contributed by atoms with Gasteiger partial charge in [0.05, 0.1) is 17.5 Å². The molecule has 0 amide bonds. The van der Waals surface area contributed by atoms with Gasteiger partial charge < -0.3 is 14.5 Å². The smallest absolute Gasteiger partial charge is 0.358 e. The Labute approximate surface area is 122 Å². The first-order valence-corrected chi connectivity index (χ1v) is 7.93. The molecular weight excluding hydrogens is 291 g/mol. The zero-order valence-corrected chi connectivity index (χ0v) is 12.3. The molecule has 0 spiro atoms. The molecule has 2 N–H and O–H groups in total. The third kappa shape index (κ3) is 3.58. The molecule has 1 atom stereocenters.